The van der Waals surface area contributed by atoms with Gasteiger partial charge in [-0.3, -0.25) is 24.4 Å². The first kappa shape index (κ1) is 21.5. The van der Waals surface area contributed by atoms with Gasteiger partial charge in [-0.25, -0.2) is 4.79 Å². The van der Waals surface area contributed by atoms with Crippen molar-refractivity contribution in [1.29, 1.82) is 0 Å². The van der Waals surface area contributed by atoms with Crippen molar-refractivity contribution >= 4 is 29.6 Å². The van der Waals surface area contributed by atoms with Crippen LogP contribution in [0, 0.1) is 0 Å². The lowest BCUT2D eigenvalue weighted by atomic mass is 10.1. The average Bonchev–Trinajstić information content (AvgIpc) is 3.25. The van der Waals surface area contributed by atoms with E-state index in [9.17, 15) is 19.2 Å². The fraction of sp³-hybridized carbons (Fsp3) is 0.409. The van der Waals surface area contributed by atoms with Gasteiger partial charge < -0.3 is 15.0 Å². The summed E-state index contributed by atoms with van der Waals surface area (Å²) in [5, 5.41) is 9.74. The van der Waals surface area contributed by atoms with Crippen LogP contribution in [0.15, 0.2) is 24.3 Å². The number of hydrogen-bond donors (Lipinski definition) is 2. The van der Waals surface area contributed by atoms with Gasteiger partial charge in [-0.1, -0.05) is 12.1 Å². The summed E-state index contributed by atoms with van der Waals surface area (Å²) >= 11 is 0. The quantitative estimate of drug-likeness (QED) is 0.707. The Morgan fingerprint density at radius 1 is 1.16 bits per heavy atom. The Balaban J connectivity index is 1.44. The number of nitrogens with zero attached hydrogens (tertiary/aromatic N) is 3. The van der Waals surface area contributed by atoms with E-state index in [-0.39, 0.29) is 17.7 Å². The van der Waals surface area contributed by atoms with Gasteiger partial charge >= 0.3 is 6.09 Å². The lowest BCUT2D eigenvalue weighted by Crippen LogP contribution is -2.45. The van der Waals surface area contributed by atoms with Crippen molar-refractivity contribution in [1.82, 2.24) is 20.0 Å². The summed E-state index contributed by atoms with van der Waals surface area (Å²) in [7, 11) is 0. The largest absolute Gasteiger partial charge is 0.444 e. The summed E-state index contributed by atoms with van der Waals surface area (Å²) in [5.74, 6) is -1.18. The Morgan fingerprint density at radius 3 is 2.38 bits per heavy atom. The first-order valence-corrected chi connectivity index (χ1v) is 10.4. The summed E-state index contributed by atoms with van der Waals surface area (Å²) < 4.78 is 5.41. The summed E-state index contributed by atoms with van der Waals surface area (Å²) in [5.41, 5.74) is 1.47. The number of aromatic amines is 1. The highest BCUT2D eigenvalue weighted by Crippen LogP contribution is 2.27. The zero-order chi connectivity index (χ0) is 23.2. The van der Waals surface area contributed by atoms with E-state index >= 15 is 0 Å². The number of carbonyl (C=O) groups excluding carboxylic acids is 4. The van der Waals surface area contributed by atoms with Crippen LogP contribution in [0.2, 0.25) is 0 Å². The van der Waals surface area contributed by atoms with Crippen LogP contribution in [0.25, 0.3) is 0 Å². The highest BCUT2D eigenvalue weighted by atomic mass is 16.6. The first-order valence-electron chi connectivity index (χ1n) is 10.4. The van der Waals surface area contributed by atoms with Crippen molar-refractivity contribution in [2.45, 2.75) is 52.3 Å². The summed E-state index contributed by atoms with van der Waals surface area (Å²) in [6.45, 7) is 7.61. The smallest absolute Gasteiger partial charge is 0.410 e. The van der Waals surface area contributed by atoms with Crippen LogP contribution < -0.4 is 5.32 Å². The van der Waals surface area contributed by atoms with Crippen molar-refractivity contribution in [3.8, 4) is 0 Å². The molecular weight excluding hydrogens is 414 g/mol. The van der Waals surface area contributed by atoms with E-state index in [1.54, 1.807) is 49.9 Å². The maximum absolute atomic E-state index is 12.9. The third-order valence-electron chi connectivity index (χ3n) is 5.42. The molecule has 168 valence electrons. The van der Waals surface area contributed by atoms with Gasteiger partial charge in [-0.15, -0.1) is 0 Å². The molecule has 1 aromatic carbocycles. The summed E-state index contributed by atoms with van der Waals surface area (Å²) in [4.78, 5) is 53.0. The number of H-pyrrole nitrogens is 1. The molecule has 0 fully saturated rings. The van der Waals surface area contributed by atoms with E-state index in [0.29, 0.717) is 24.5 Å². The molecule has 0 saturated heterocycles. The van der Waals surface area contributed by atoms with E-state index in [4.69, 9.17) is 4.74 Å². The van der Waals surface area contributed by atoms with Gasteiger partial charge in [0.15, 0.2) is 5.82 Å². The highest BCUT2D eigenvalue weighted by Gasteiger charge is 2.41. The molecule has 3 heterocycles. The van der Waals surface area contributed by atoms with E-state index in [1.165, 1.54) is 6.92 Å². The van der Waals surface area contributed by atoms with E-state index in [0.717, 1.165) is 10.5 Å². The lowest BCUT2D eigenvalue weighted by molar-refractivity contribution is -0.119. The number of hydrogen-bond acceptors (Lipinski definition) is 6. The number of nitrogens with one attached hydrogen (secondary N) is 2. The number of anilines is 1. The van der Waals surface area contributed by atoms with Gasteiger partial charge in [0.1, 0.15) is 11.6 Å². The molecule has 4 rings (SSSR count). The molecule has 1 unspecified atom stereocenters. The Bertz CT molecular complexity index is 1080. The second-order valence-corrected chi connectivity index (χ2v) is 8.87. The predicted octanol–water partition coefficient (Wildman–Crippen LogP) is 2.33. The molecule has 0 spiro atoms. The van der Waals surface area contributed by atoms with Gasteiger partial charge in [0.25, 0.3) is 11.8 Å². The fourth-order valence-electron chi connectivity index (χ4n) is 3.80. The second kappa shape index (κ2) is 7.77. The SMILES string of the molecule is CC(C(=O)Nc1n[nH]c2c1CCN(C(=O)OC(C)(C)C)C2)N1C(=O)c2ccccc2C1=O. The molecule has 2 N–H and O–H groups in total. The number of amides is 4. The molecular formula is C22H25N5O5. The lowest BCUT2D eigenvalue weighted by Gasteiger charge is -2.30. The van der Waals surface area contributed by atoms with Gasteiger partial charge in [0.05, 0.1) is 23.4 Å². The molecule has 10 nitrogen and oxygen atoms in total. The first-order chi connectivity index (χ1) is 15.1. The second-order valence-electron chi connectivity index (χ2n) is 8.87. The van der Waals surface area contributed by atoms with Crippen LogP contribution in [0.1, 0.15) is 59.7 Å². The normalized spacial score (nSPS) is 16.5. The zero-order valence-corrected chi connectivity index (χ0v) is 18.4. The third-order valence-corrected chi connectivity index (χ3v) is 5.42. The zero-order valence-electron chi connectivity index (χ0n) is 18.4. The molecule has 0 bridgehead atoms. The van der Waals surface area contributed by atoms with Gasteiger partial charge in [0.2, 0.25) is 5.91 Å². The van der Waals surface area contributed by atoms with E-state index in [2.05, 4.69) is 15.5 Å². The van der Waals surface area contributed by atoms with Gasteiger partial charge in [-0.2, -0.15) is 5.10 Å². The van der Waals surface area contributed by atoms with Crippen LogP contribution in [-0.4, -0.2) is 62.0 Å². The Morgan fingerprint density at radius 2 is 1.78 bits per heavy atom. The molecule has 2 aliphatic heterocycles. The molecule has 0 saturated carbocycles. The Hall–Kier alpha value is -3.69. The number of aromatic nitrogens is 2. The molecule has 2 aliphatic rings. The predicted molar refractivity (Wildman–Crippen MR) is 114 cm³/mol. The van der Waals surface area contributed by atoms with Crippen molar-refractivity contribution in [3.05, 3.63) is 46.6 Å². The van der Waals surface area contributed by atoms with Crippen LogP contribution >= 0.6 is 0 Å². The molecule has 32 heavy (non-hydrogen) atoms. The van der Waals surface area contributed by atoms with Crippen molar-refractivity contribution in [2.75, 3.05) is 11.9 Å². The van der Waals surface area contributed by atoms with Gasteiger partial charge in [-0.05, 0) is 46.2 Å². The van der Waals surface area contributed by atoms with E-state index in [1.807, 2.05) is 0 Å². The number of carbonyl (C=O) groups is 4. The summed E-state index contributed by atoms with van der Waals surface area (Å²) in [6.07, 6.45) is 0.0600. The van der Waals surface area contributed by atoms with Crippen LogP contribution in [0.5, 0.6) is 0 Å². The molecule has 2 aromatic rings. The van der Waals surface area contributed by atoms with Crippen molar-refractivity contribution in [3.63, 3.8) is 0 Å². The fourth-order valence-corrected chi connectivity index (χ4v) is 3.80. The van der Waals surface area contributed by atoms with Crippen LogP contribution in [-0.2, 0) is 22.5 Å². The minimum absolute atomic E-state index is 0.279. The molecule has 0 aliphatic carbocycles. The Kier molecular flexibility index (Phi) is 5.23. The molecule has 4 amide bonds. The number of rotatable bonds is 3. The van der Waals surface area contributed by atoms with Crippen LogP contribution in [0.4, 0.5) is 10.6 Å². The minimum Gasteiger partial charge on any atom is -0.444 e. The maximum Gasteiger partial charge on any atom is 0.410 e. The van der Waals surface area contributed by atoms with Crippen molar-refractivity contribution < 1.29 is 23.9 Å². The number of benzene rings is 1. The Labute approximate surface area is 184 Å². The molecule has 0 radical (unpaired) electrons. The number of fused-ring (bicyclic) bond motifs is 2. The molecule has 10 heteroatoms. The topological polar surface area (TPSA) is 125 Å². The highest BCUT2D eigenvalue weighted by molar-refractivity contribution is 6.23. The number of imide groups is 1. The maximum atomic E-state index is 12.9. The monoisotopic (exact) mass is 439 g/mol. The standard InChI is InChI=1S/C22H25N5O5/c1-12(27-19(29)13-7-5-6-8-14(13)20(27)30)18(28)23-17-15-9-10-26(11-16(15)24-25-17)21(31)32-22(2,3)4/h5-8,12H,9-11H2,1-4H3,(H2,23,24,25,28). The van der Waals surface area contributed by atoms with Crippen molar-refractivity contribution in [2.24, 2.45) is 0 Å². The summed E-state index contributed by atoms with van der Waals surface area (Å²) in [6, 6.07) is 5.47. The van der Waals surface area contributed by atoms with E-state index < -0.39 is 35.5 Å². The molecule has 1 atom stereocenters. The average molecular weight is 439 g/mol. The molecule has 1 aromatic heterocycles. The van der Waals surface area contributed by atoms with Crippen LogP contribution in [0.3, 0.4) is 0 Å². The van der Waals surface area contributed by atoms with Gasteiger partial charge in [0, 0.05) is 12.1 Å². The number of ether oxygens (including phenoxy) is 1. The third kappa shape index (κ3) is 3.83. The minimum atomic E-state index is -1.02.